The van der Waals surface area contributed by atoms with Gasteiger partial charge < -0.3 is 9.53 Å². The van der Waals surface area contributed by atoms with Crippen molar-refractivity contribution in [1.82, 2.24) is 0 Å². The zero-order valence-corrected chi connectivity index (χ0v) is 20.9. The Morgan fingerprint density at radius 2 is 1.59 bits per heavy atom. The summed E-state index contributed by atoms with van der Waals surface area (Å²) >= 11 is 0. The van der Waals surface area contributed by atoms with Gasteiger partial charge in [0.05, 0.1) is 12.2 Å². The molecule has 0 aliphatic carbocycles. The number of aliphatic hydroxyl groups excluding tert-OH is 1. The fourth-order valence-electron chi connectivity index (χ4n) is 2.63. The van der Waals surface area contributed by atoms with E-state index in [1.54, 1.807) is 0 Å². The summed E-state index contributed by atoms with van der Waals surface area (Å²) in [5.41, 5.74) is 4.52. The van der Waals surface area contributed by atoms with E-state index in [9.17, 15) is 5.11 Å². The molecule has 27 heavy (non-hydrogen) atoms. The molecule has 0 heterocycles. The molecule has 3 unspecified atom stereocenters. The summed E-state index contributed by atoms with van der Waals surface area (Å²) in [5, 5.41) is 11.5. The summed E-state index contributed by atoms with van der Waals surface area (Å²) in [6.45, 7) is 20.1. The topological polar surface area (TPSA) is 29.5 Å². The molecule has 0 bridgehead atoms. The van der Waals surface area contributed by atoms with E-state index in [0.717, 1.165) is 18.4 Å². The molecule has 1 rings (SSSR count). The summed E-state index contributed by atoms with van der Waals surface area (Å²) in [5.74, 6) is 3.37. The van der Waals surface area contributed by atoms with Crippen LogP contribution in [0.2, 0.25) is 37.8 Å². The van der Waals surface area contributed by atoms with Gasteiger partial charge in [-0.3, -0.25) is 0 Å². The summed E-state index contributed by atoms with van der Waals surface area (Å²) < 4.78 is 6.74. The summed E-state index contributed by atoms with van der Waals surface area (Å²) in [6, 6.07) is 10.2. The molecule has 0 aromatic heterocycles. The van der Waals surface area contributed by atoms with Crippen molar-refractivity contribution in [1.29, 1.82) is 0 Å². The number of benzene rings is 1. The molecule has 152 valence electrons. The van der Waals surface area contributed by atoms with E-state index < -0.39 is 22.5 Å². The van der Waals surface area contributed by atoms with Crippen LogP contribution in [-0.4, -0.2) is 27.6 Å². The fraction of sp³-hybridized carbons (Fsp3) is 0.652. The SMILES string of the molecule is CCCC(C#C[Si](C)(C)C)C(O)C(O[Si](C)(C)C(C)(C)C)c1ccccc1. The van der Waals surface area contributed by atoms with Gasteiger partial charge in [0, 0.05) is 5.92 Å². The predicted molar refractivity (Wildman–Crippen MR) is 123 cm³/mol. The predicted octanol–water partition coefficient (Wildman–Crippen LogP) is 6.41. The fourth-order valence-corrected chi connectivity index (χ4v) is 4.51. The second-order valence-corrected chi connectivity index (χ2v) is 19.6. The first-order valence-electron chi connectivity index (χ1n) is 10.2. The van der Waals surface area contributed by atoms with Crippen molar-refractivity contribution in [2.45, 2.75) is 90.5 Å². The van der Waals surface area contributed by atoms with Gasteiger partial charge in [0.2, 0.25) is 0 Å². The minimum absolute atomic E-state index is 0.0586. The van der Waals surface area contributed by atoms with Gasteiger partial charge in [-0.1, -0.05) is 84.1 Å². The van der Waals surface area contributed by atoms with Crippen LogP contribution in [0.1, 0.15) is 52.2 Å². The molecular weight excluding hydrogens is 364 g/mol. The van der Waals surface area contributed by atoms with Gasteiger partial charge >= 0.3 is 0 Å². The van der Waals surface area contributed by atoms with Crippen LogP contribution in [0.3, 0.4) is 0 Å². The summed E-state index contributed by atoms with van der Waals surface area (Å²) in [6.07, 6.45) is 0.942. The van der Waals surface area contributed by atoms with E-state index in [0.29, 0.717) is 0 Å². The maximum Gasteiger partial charge on any atom is 0.193 e. The number of hydrogen-bond acceptors (Lipinski definition) is 2. The Labute approximate surface area is 169 Å². The smallest absolute Gasteiger partial charge is 0.193 e. The molecule has 0 saturated carbocycles. The largest absolute Gasteiger partial charge is 0.407 e. The van der Waals surface area contributed by atoms with Gasteiger partial charge in [-0.15, -0.1) is 11.5 Å². The Morgan fingerprint density at radius 3 is 2.04 bits per heavy atom. The lowest BCUT2D eigenvalue weighted by molar-refractivity contribution is 0.00106. The molecule has 0 amide bonds. The van der Waals surface area contributed by atoms with E-state index in [1.165, 1.54) is 0 Å². The number of rotatable bonds is 7. The molecule has 3 atom stereocenters. The van der Waals surface area contributed by atoms with Crippen molar-refractivity contribution in [3.05, 3.63) is 35.9 Å². The molecule has 1 aromatic carbocycles. The lowest BCUT2D eigenvalue weighted by Gasteiger charge is -2.41. The number of hydrogen-bond donors (Lipinski definition) is 1. The van der Waals surface area contributed by atoms with E-state index >= 15 is 0 Å². The zero-order chi connectivity index (χ0) is 20.9. The lowest BCUT2D eigenvalue weighted by Crippen LogP contribution is -2.45. The van der Waals surface area contributed by atoms with Crippen LogP contribution in [0, 0.1) is 17.4 Å². The van der Waals surface area contributed by atoms with E-state index in [2.05, 4.69) is 84.0 Å². The molecule has 0 radical (unpaired) electrons. The van der Waals surface area contributed by atoms with Gasteiger partial charge in [-0.05, 0) is 30.1 Å². The van der Waals surface area contributed by atoms with Crippen LogP contribution in [0.5, 0.6) is 0 Å². The molecule has 1 N–H and O–H groups in total. The summed E-state index contributed by atoms with van der Waals surface area (Å²) in [4.78, 5) is 0. The molecule has 0 saturated heterocycles. The van der Waals surface area contributed by atoms with Crippen LogP contribution in [0.4, 0.5) is 0 Å². The maximum atomic E-state index is 11.4. The van der Waals surface area contributed by atoms with Gasteiger partial charge in [0.15, 0.2) is 8.32 Å². The first-order valence-corrected chi connectivity index (χ1v) is 16.6. The third-order valence-electron chi connectivity index (χ3n) is 5.31. The van der Waals surface area contributed by atoms with E-state index in [1.807, 2.05) is 18.2 Å². The average Bonchev–Trinajstić information content (AvgIpc) is 2.55. The highest BCUT2D eigenvalue weighted by Gasteiger charge is 2.42. The molecule has 4 heteroatoms. The van der Waals surface area contributed by atoms with Crippen LogP contribution < -0.4 is 0 Å². The lowest BCUT2D eigenvalue weighted by atomic mass is 9.91. The first-order chi connectivity index (χ1) is 12.3. The molecule has 0 aliphatic rings. The number of aliphatic hydroxyl groups is 1. The Bertz CT molecular complexity index is 630. The third kappa shape index (κ3) is 7.58. The molecular formula is C23H40O2Si2. The van der Waals surface area contributed by atoms with Gasteiger partial charge in [0.1, 0.15) is 8.07 Å². The molecule has 0 aliphatic heterocycles. The van der Waals surface area contributed by atoms with Gasteiger partial charge in [-0.2, -0.15) is 0 Å². The second-order valence-electron chi connectivity index (χ2n) is 10.1. The Morgan fingerprint density at radius 1 is 1.04 bits per heavy atom. The van der Waals surface area contributed by atoms with Crippen LogP contribution in [-0.2, 0) is 4.43 Å². The van der Waals surface area contributed by atoms with Crippen molar-refractivity contribution in [3.8, 4) is 11.5 Å². The maximum absolute atomic E-state index is 11.4. The second kappa shape index (κ2) is 9.56. The monoisotopic (exact) mass is 404 g/mol. The van der Waals surface area contributed by atoms with Gasteiger partial charge in [-0.25, -0.2) is 0 Å². The Balaban J connectivity index is 3.29. The minimum atomic E-state index is -2.04. The zero-order valence-electron chi connectivity index (χ0n) is 18.9. The highest BCUT2D eigenvalue weighted by molar-refractivity contribution is 6.83. The van der Waals surface area contributed by atoms with Crippen molar-refractivity contribution in [3.63, 3.8) is 0 Å². The standard InChI is InChI=1S/C23H40O2Si2/c1-10-14-19(17-18-26(5,6)7)21(24)22(20-15-12-11-13-16-20)25-27(8,9)23(2,3)4/h11-13,15-16,19,21-22,24H,10,14H2,1-9H3. The Kier molecular flexibility index (Phi) is 8.56. The normalized spacial score (nSPS) is 16.2. The van der Waals surface area contributed by atoms with Crippen molar-refractivity contribution < 1.29 is 9.53 Å². The quantitative estimate of drug-likeness (QED) is 0.420. The summed E-state index contributed by atoms with van der Waals surface area (Å²) in [7, 11) is -3.53. The molecule has 0 spiro atoms. The van der Waals surface area contributed by atoms with Crippen molar-refractivity contribution in [2.75, 3.05) is 0 Å². The van der Waals surface area contributed by atoms with Crippen LogP contribution in [0.15, 0.2) is 30.3 Å². The Hall–Kier alpha value is -0.866. The molecule has 0 fully saturated rings. The van der Waals surface area contributed by atoms with Crippen LogP contribution >= 0.6 is 0 Å². The van der Waals surface area contributed by atoms with Crippen molar-refractivity contribution >= 4 is 16.4 Å². The first kappa shape index (κ1) is 24.2. The van der Waals surface area contributed by atoms with Crippen LogP contribution in [0.25, 0.3) is 0 Å². The highest BCUT2D eigenvalue weighted by Crippen LogP contribution is 2.41. The average molecular weight is 405 g/mol. The molecule has 1 aromatic rings. The minimum Gasteiger partial charge on any atom is -0.407 e. The van der Waals surface area contributed by atoms with Crippen molar-refractivity contribution in [2.24, 2.45) is 5.92 Å². The van der Waals surface area contributed by atoms with Gasteiger partial charge in [0.25, 0.3) is 0 Å². The third-order valence-corrected chi connectivity index (χ3v) is 10.7. The highest BCUT2D eigenvalue weighted by atomic mass is 28.4. The van der Waals surface area contributed by atoms with E-state index in [-0.39, 0.29) is 17.1 Å². The molecule has 2 nitrogen and oxygen atoms in total. The van der Waals surface area contributed by atoms with E-state index in [4.69, 9.17) is 4.43 Å².